The van der Waals surface area contributed by atoms with Gasteiger partial charge in [-0.2, -0.15) is 13.2 Å². The average molecular weight is 547 g/mol. The van der Waals surface area contributed by atoms with E-state index < -0.39 is 33.0 Å². The van der Waals surface area contributed by atoms with Gasteiger partial charge in [0.05, 0.1) is 10.5 Å². The highest BCUT2D eigenvalue weighted by Gasteiger charge is 2.31. The molecule has 0 saturated carbocycles. The van der Waals surface area contributed by atoms with Gasteiger partial charge in [0.1, 0.15) is 5.56 Å². The van der Waals surface area contributed by atoms with Gasteiger partial charge in [-0.1, -0.05) is 24.3 Å². The maximum Gasteiger partial charge on any atom is 0.416 e. The zero-order valence-electron chi connectivity index (χ0n) is 19.7. The van der Waals surface area contributed by atoms with Crippen molar-refractivity contribution in [2.75, 3.05) is 6.26 Å². The van der Waals surface area contributed by atoms with E-state index in [0.29, 0.717) is 16.8 Å². The molecule has 0 aliphatic heterocycles. The first-order valence-electron chi connectivity index (χ1n) is 10.9. The van der Waals surface area contributed by atoms with E-state index in [4.69, 9.17) is 0 Å². The topological polar surface area (TPSA) is 85.2 Å². The summed E-state index contributed by atoms with van der Waals surface area (Å²) in [5, 5.41) is 4.46. The number of sulfone groups is 1. The summed E-state index contributed by atoms with van der Waals surface area (Å²) in [5.41, 5.74) is -0.400. The van der Waals surface area contributed by atoms with Crippen LogP contribution < -0.4 is 10.9 Å². The summed E-state index contributed by atoms with van der Waals surface area (Å²) >= 11 is 1.37. The molecule has 6 nitrogen and oxygen atoms in total. The Bertz CT molecular complexity index is 1620. The molecule has 0 bridgehead atoms. The van der Waals surface area contributed by atoms with Crippen LogP contribution in [-0.4, -0.2) is 25.1 Å². The standard InChI is InChI=1S/C26H21F3N2O4S2/c1-16-21(23-7-4-12-36-23)14-22(24(32)30-15-17-8-10-20(11-9-17)37(2,34)35)25(33)31(16)19-6-3-5-18(13-19)26(27,28)29/h3-14H,15H2,1-2H3,(H,30,32). The third kappa shape index (κ3) is 5.67. The first-order valence-corrected chi connectivity index (χ1v) is 13.7. The van der Waals surface area contributed by atoms with Crippen molar-refractivity contribution in [3.05, 3.63) is 105 Å². The van der Waals surface area contributed by atoms with E-state index in [1.54, 1.807) is 31.2 Å². The molecular weight excluding hydrogens is 525 g/mol. The normalized spacial score (nSPS) is 11.9. The highest BCUT2D eigenvalue weighted by Crippen LogP contribution is 2.32. The lowest BCUT2D eigenvalue weighted by Gasteiger charge is -2.17. The molecule has 0 atom stereocenters. The molecule has 11 heteroatoms. The molecule has 0 saturated heterocycles. The van der Waals surface area contributed by atoms with Crippen molar-refractivity contribution in [2.45, 2.75) is 24.5 Å². The average Bonchev–Trinajstić information content (AvgIpc) is 3.37. The zero-order chi connectivity index (χ0) is 27.0. The third-order valence-corrected chi connectivity index (χ3v) is 7.75. The zero-order valence-corrected chi connectivity index (χ0v) is 21.3. The predicted octanol–water partition coefficient (Wildman–Crippen LogP) is 5.23. The fourth-order valence-corrected chi connectivity index (χ4v) is 5.24. The van der Waals surface area contributed by atoms with Crippen molar-refractivity contribution in [3.63, 3.8) is 0 Å². The number of nitrogens with zero attached hydrogens (tertiary/aromatic N) is 1. The van der Waals surface area contributed by atoms with Crippen LogP contribution in [0.25, 0.3) is 16.1 Å². The molecule has 0 unspecified atom stereocenters. The maximum absolute atomic E-state index is 13.4. The Kier molecular flexibility index (Phi) is 7.11. The lowest BCUT2D eigenvalue weighted by Crippen LogP contribution is -2.33. The summed E-state index contributed by atoms with van der Waals surface area (Å²) in [4.78, 5) is 27.4. The number of carbonyl (C=O) groups excluding carboxylic acids is 1. The highest BCUT2D eigenvalue weighted by molar-refractivity contribution is 7.90. The molecule has 0 aliphatic carbocycles. The molecule has 2 heterocycles. The molecule has 4 aromatic rings. The molecule has 1 N–H and O–H groups in total. The predicted molar refractivity (Wildman–Crippen MR) is 136 cm³/mol. The number of carbonyl (C=O) groups is 1. The lowest BCUT2D eigenvalue weighted by atomic mass is 10.1. The van der Waals surface area contributed by atoms with Crippen molar-refractivity contribution in [1.82, 2.24) is 9.88 Å². The van der Waals surface area contributed by atoms with Crippen LogP contribution in [0.15, 0.2) is 81.8 Å². The second kappa shape index (κ2) is 9.98. The van der Waals surface area contributed by atoms with Crippen molar-refractivity contribution < 1.29 is 26.4 Å². The molecular formula is C26H21F3N2O4S2. The molecule has 4 rings (SSSR count). The first-order chi connectivity index (χ1) is 17.4. The van der Waals surface area contributed by atoms with Crippen LogP contribution in [-0.2, 0) is 22.6 Å². The number of amides is 1. The Morgan fingerprint density at radius 2 is 1.73 bits per heavy atom. The molecule has 0 fully saturated rings. The second-order valence-electron chi connectivity index (χ2n) is 8.32. The molecule has 0 aliphatic rings. The maximum atomic E-state index is 13.4. The number of aromatic nitrogens is 1. The van der Waals surface area contributed by atoms with Gasteiger partial charge in [0, 0.05) is 34.6 Å². The van der Waals surface area contributed by atoms with E-state index in [-0.39, 0.29) is 22.7 Å². The van der Waals surface area contributed by atoms with Gasteiger partial charge >= 0.3 is 6.18 Å². The van der Waals surface area contributed by atoms with E-state index in [0.717, 1.165) is 27.8 Å². The summed E-state index contributed by atoms with van der Waals surface area (Å²) in [5.74, 6) is -0.712. The van der Waals surface area contributed by atoms with Gasteiger partial charge in [-0.25, -0.2) is 8.42 Å². The Morgan fingerprint density at radius 1 is 1.03 bits per heavy atom. The van der Waals surface area contributed by atoms with Crippen LogP contribution >= 0.6 is 11.3 Å². The van der Waals surface area contributed by atoms with Crippen LogP contribution in [0.3, 0.4) is 0 Å². The van der Waals surface area contributed by atoms with Gasteiger partial charge in [-0.3, -0.25) is 14.2 Å². The SMILES string of the molecule is Cc1c(-c2cccs2)cc(C(=O)NCc2ccc(S(C)(=O)=O)cc2)c(=O)n1-c1cccc(C(F)(F)F)c1. The minimum absolute atomic E-state index is 0.00802. The van der Waals surface area contributed by atoms with Gasteiger partial charge in [0.2, 0.25) is 0 Å². The molecule has 0 radical (unpaired) electrons. The minimum Gasteiger partial charge on any atom is -0.348 e. The molecule has 192 valence electrons. The summed E-state index contributed by atoms with van der Waals surface area (Å²) in [7, 11) is -3.37. The quantitative estimate of drug-likeness (QED) is 0.359. The number of pyridine rings is 1. The molecule has 37 heavy (non-hydrogen) atoms. The molecule has 2 aromatic carbocycles. The summed E-state index contributed by atoms with van der Waals surface area (Å²) < 4.78 is 64.5. The smallest absolute Gasteiger partial charge is 0.348 e. The van der Waals surface area contributed by atoms with Crippen molar-refractivity contribution in [1.29, 1.82) is 0 Å². The number of halogens is 3. The Morgan fingerprint density at radius 3 is 2.32 bits per heavy atom. The fourth-order valence-electron chi connectivity index (χ4n) is 3.81. The van der Waals surface area contributed by atoms with Crippen molar-refractivity contribution in [2.24, 2.45) is 0 Å². The molecule has 1 amide bonds. The van der Waals surface area contributed by atoms with Crippen molar-refractivity contribution in [3.8, 4) is 16.1 Å². The van der Waals surface area contributed by atoms with Crippen LogP contribution in [0.4, 0.5) is 13.2 Å². The number of nitrogens with one attached hydrogen (secondary N) is 1. The fraction of sp³-hybridized carbons (Fsp3) is 0.154. The van der Waals surface area contributed by atoms with Crippen molar-refractivity contribution >= 4 is 27.1 Å². The van der Waals surface area contributed by atoms with E-state index in [2.05, 4.69) is 5.32 Å². The summed E-state index contributed by atoms with van der Waals surface area (Å²) in [6, 6.07) is 15.3. The molecule has 2 aromatic heterocycles. The number of hydrogen-bond donors (Lipinski definition) is 1. The summed E-state index contributed by atoms with van der Waals surface area (Å²) in [6.45, 7) is 1.62. The van der Waals surface area contributed by atoms with Gasteiger partial charge in [0.25, 0.3) is 11.5 Å². The first kappa shape index (κ1) is 26.4. The van der Waals surface area contributed by atoms with Crippen LogP contribution in [0, 0.1) is 6.92 Å². The van der Waals surface area contributed by atoms with Crippen LogP contribution in [0.2, 0.25) is 0 Å². The number of hydrogen-bond acceptors (Lipinski definition) is 5. The van der Waals surface area contributed by atoms with E-state index in [9.17, 15) is 31.2 Å². The molecule has 0 spiro atoms. The van der Waals surface area contributed by atoms with Crippen LogP contribution in [0.5, 0.6) is 0 Å². The lowest BCUT2D eigenvalue weighted by molar-refractivity contribution is -0.137. The van der Waals surface area contributed by atoms with Gasteiger partial charge in [0.15, 0.2) is 9.84 Å². The van der Waals surface area contributed by atoms with Gasteiger partial charge in [-0.15, -0.1) is 11.3 Å². The largest absolute Gasteiger partial charge is 0.416 e. The van der Waals surface area contributed by atoms with E-state index in [1.165, 1.54) is 41.7 Å². The number of alkyl halides is 3. The van der Waals surface area contributed by atoms with Crippen LogP contribution in [0.1, 0.15) is 27.2 Å². The number of rotatable bonds is 6. The monoisotopic (exact) mass is 546 g/mol. The van der Waals surface area contributed by atoms with E-state index >= 15 is 0 Å². The number of benzene rings is 2. The minimum atomic E-state index is -4.61. The Balaban J connectivity index is 1.75. The second-order valence-corrected chi connectivity index (χ2v) is 11.3. The highest BCUT2D eigenvalue weighted by atomic mass is 32.2. The van der Waals surface area contributed by atoms with Gasteiger partial charge in [-0.05, 0) is 60.3 Å². The van der Waals surface area contributed by atoms with Gasteiger partial charge < -0.3 is 5.32 Å². The van der Waals surface area contributed by atoms with E-state index in [1.807, 2.05) is 5.38 Å². The Labute approximate surface area is 214 Å². The number of thiophene rings is 1. The Hall–Kier alpha value is -3.70. The third-order valence-electron chi connectivity index (χ3n) is 5.71. The summed E-state index contributed by atoms with van der Waals surface area (Å²) in [6.07, 6.45) is -3.52.